The van der Waals surface area contributed by atoms with Gasteiger partial charge in [-0.3, -0.25) is 19.2 Å². The van der Waals surface area contributed by atoms with E-state index in [-0.39, 0.29) is 32.1 Å². The molecule has 0 aliphatic rings. The number of H-pyrrole nitrogens is 1. The maximum absolute atomic E-state index is 13.5. The fourth-order valence-electron chi connectivity index (χ4n) is 4.19. The molecule has 0 aliphatic heterocycles. The molecule has 0 aliphatic carbocycles. The van der Waals surface area contributed by atoms with Crippen molar-refractivity contribution in [1.29, 1.82) is 0 Å². The second-order valence-electron chi connectivity index (χ2n) is 9.79. The number of carbonyl (C=O) groups is 5. The number of primary amides is 1. The van der Waals surface area contributed by atoms with E-state index in [1.165, 1.54) is 12.5 Å². The summed E-state index contributed by atoms with van der Waals surface area (Å²) in [5.41, 5.74) is 13.0. The molecule has 1 heterocycles. The number of hydrogen-bond donors (Lipinski definition) is 7. The number of aromatic nitrogens is 2. The summed E-state index contributed by atoms with van der Waals surface area (Å²) >= 11 is 0. The second-order valence-corrected chi connectivity index (χ2v) is 9.79. The summed E-state index contributed by atoms with van der Waals surface area (Å²) in [5, 5.41) is 17.6. The lowest BCUT2D eigenvalue weighted by Crippen LogP contribution is -2.58. The summed E-state index contributed by atoms with van der Waals surface area (Å²) in [5.74, 6) is -3.95. The van der Waals surface area contributed by atoms with Crippen LogP contribution in [0.2, 0.25) is 0 Å². The van der Waals surface area contributed by atoms with Gasteiger partial charge in [0.1, 0.15) is 18.1 Å². The Kier molecular flexibility index (Phi) is 11.7. The minimum Gasteiger partial charge on any atom is -0.480 e. The Morgan fingerprint density at radius 1 is 0.762 bits per heavy atom. The standard InChI is InChI=1S/C29H35N7O6/c30-21(11-12-25(31)37)26(38)34-23(15-20-16-32-17-33-20)28(40)35-22(13-18-7-3-1-4-8-18)27(39)36-24(29(41)42)14-19-9-5-2-6-10-19/h1-10,16-17,21-24H,11-15,30H2,(H2,31,37)(H,32,33)(H,34,38)(H,35,40)(H,36,39)(H,41,42). The van der Waals surface area contributed by atoms with Gasteiger partial charge in [-0.2, -0.15) is 0 Å². The Morgan fingerprint density at radius 2 is 1.26 bits per heavy atom. The van der Waals surface area contributed by atoms with E-state index in [0.29, 0.717) is 11.3 Å². The van der Waals surface area contributed by atoms with Crippen LogP contribution in [-0.2, 0) is 43.2 Å². The number of nitrogens with zero attached hydrogens (tertiary/aromatic N) is 1. The van der Waals surface area contributed by atoms with Crippen LogP contribution < -0.4 is 27.4 Å². The van der Waals surface area contributed by atoms with E-state index >= 15 is 0 Å². The van der Waals surface area contributed by atoms with Crippen molar-refractivity contribution in [3.05, 3.63) is 90.0 Å². The number of aliphatic carboxylic acids is 1. The van der Waals surface area contributed by atoms with Gasteiger partial charge in [0.05, 0.1) is 12.4 Å². The first-order valence-corrected chi connectivity index (χ1v) is 13.3. The fraction of sp³-hybridized carbons (Fsp3) is 0.310. The molecule has 222 valence electrons. The maximum Gasteiger partial charge on any atom is 0.326 e. The van der Waals surface area contributed by atoms with Gasteiger partial charge in [0, 0.05) is 37.6 Å². The van der Waals surface area contributed by atoms with E-state index in [9.17, 15) is 29.1 Å². The van der Waals surface area contributed by atoms with Crippen LogP contribution in [0, 0.1) is 0 Å². The van der Waals surface area contributed by atoms with E-state index in [0.717, 1.165) is 5.56 Å². The van der Waals surface area contributed by atoms with Crippen LogP contribution in [0.1, 0.15) is 29.7 Å². The fourth-order valence-corrected chi connectivity index (χ4v) is 4.19. The van der Waals surface area contributed by atoms with Gasteiger partial charge >= 0.3 is 5.97 Å². The number of amides is 4. The van der Waals surface area contributed by atoms with Gasteiger partial charge in [-0.25, -0.2) is 9.78 Å². The third kappa shape index (κ3) is 10.2. The normalized spacial score (nSPS) is 13.6. The Morgan fingerprint density at radius 3 is 1.76 bits per heavy atom. The van der Waals surface area contributed by atoms with Gasteiger partial charge in [-0.15, -0.1) is 0 Å². The Balaban J connectivity index is 1.80. The van der Waals surface area contributed by atoms with Gasteiger partial charge in [-0.05, 0) is 17.5 Å². The zero-order chi connectivity index (χ0) is 30.5. The number of hydrogen-bond acceptors (Lipinski definition) is 7. The summed E-state index contributed by atoms with van der Waals surface area (Å²) in [7, 11) is 0. The molecule has 4 unspecified atom stereocenters. The van der Waals surface area contributed by atoms with E-state index in [1.54, 1.807) is 60.7 Å². The summed E-state index contributed by atoms with van der Waals surface area (Å²) in [6, 6.07) is 13.0. The summed E-state index contributed by atoms with van der Waals surface area (Å²) < 4.78 is 0. The molecule has 3 aromatic rings. The molecular formula is C29H35N7O6. The lowest BCUT2D eigenvalue weighted by atomic mass is 10.0. The van der Waals surface area contributed by atoms with E-state index in [1.807, 2.05) is 0 Å². The van der Waals surface area contributed by atoms with Crippen molar-refractivity contribution in [3.8, 4) is 0 Å². The van der Waals surface area contributed by atoms with Gasteiger partial charge in [-0.1, -0.05) is 60.7 Å². The number of carbonyl (C=O) groups excluding carboxylic acids is 4. The molecule has 2 aromatic carbocycles. The largest absolute Gasteiger partial charge is 0.480 e. The predicted octanol–water partition coefficient (Wildman–Crippen LogP) is -0.431. The molecular weight excluding hydrogens is 542 g/mol. The topological polar surface area (TPSA) is 222 Å². The molecule has 42 heavy (non-hydrogen) atoms. The van der Waals surface area contributed by atoms with Crippen molar-refractivity contribution in [2.75, 3.05) is 0 Å². The van der Waals surface area contributed by atoms with Gasteiger partial charge in [0.2, 0.25) is 23.6 Å². The molecule has 3 rings (SSSR count). The molecule has 0 bridgehead atoms. The van der Waals surface area contributed by atoms with Gasteiger partial charge in [0.15, 0.2) is 0 Å². The maximum atomic E-state index is 13.5. The monoisotopic (exact) mass is 577 g/mol. The van der Waals surface area contributed by atoms with Crippen LogP contribution in [0.3, 0.4) is 0 Å². The first-order valence-electron chi connectivity index (χ1n) is 13.3. The molecule has 0 saturated carbocycles. The zero-order valence-corrected chi connectivity index (χ0v) is 22.9. The molecule has 13 heteroatoms. The Labute approximate surface area is 242 Å². The first-order chi connectivity index (χ1) is 20.1. The van der Waals surface area contributed by atoms with E-state index < -0.39 is 53.8 Å². The van der Waals surface area contributed by atoms with Crippen LogP contribution in [0.25, 0.3) is 0 Å². The van der Waals surface area contributed by atoms with E-state index in [2.05, 4.69) is 25.9 Å². The Hall–Kier alpha value is -5.04. The SMILES string of the molecule is NC(=O)CCC(N)C(=O)NC(Cc1cnc[nH]1)C(=O)NC(Cc1ccccc1)C(=O)NC(Cc1ccccc1)C(=O)O. The predicted molar refractivity (Wildman–Crippen MR) is 152 cm³/mol. The highest BCUT2D eigenvalue weighted by Gasteiger charge is 2.31. The minimum atomic E-state index is -1.25. The molecule has 0 spiro atoms. The third-order valence-corrected chi connectivity index (χ3v) is 6.46. The summed E-state index contributed by atoms with van der Waals surface area (Å²) in [4.78, 5) is 69.7. The van der Waals surface area contributed by atoms with Crippen molar-refractivity contribution in [1.82, 2.24) is 25.9 Å². The molecule has 0 saturated heterocycles. The smallest absolute Gasteiger partial charge is 0.326 e. The van der Waals surface area contributed by atoms with Crippen LogP contribution in [0.15, 0.2) is 73.2 Å². The number of nitrogens with two attached hydrogens (primary N) is 2. The zero-order valence-electron chi connectivity index (χ0n) is 22.9. The molecule has 1 aromatic heterocycles. The summed E-state index contributed by atoms with van der Waals surface area (Å²) in [6.45, 7) is 0. The number of aromatic amines is 1. The highest BCUT2D eigenvalue weighted by Crippen LogP contribution is 2.09. The van der Waals surface area contributed by atoms with Gasteiger partial charge < -0.3 is 37.5 Å². The number of rotatable bonds is 16. The van der Waals surface area contributed by atoms with Crippen molar-refractivity contribution in [2.24, 2.45) is 11.5 Å². The van der Waals surface area contributed by atoms with Crippen LogP contribution in [0.5, 0.6) is 0 Å². The first kappa shape index (κ1) is 31.5. The lowest BCUT2D eigenvalue weighted by molar-refractivity contribution is -0.142. The van der Waals surface area contributed by atoms with Crippen molar-refractivity contribution in [2.45, 2.75) is 56.3 Å². The third-order valence-electron chi connectivity index (χ3n) is 6.46. The van der Waals surface area contributed by atoms with Crippen molar-refractivity contribution < 1.29 is 29.1 Å². The van der Waals surface area contributed by atoms with Crippen LogP contribution >= 0.6 is 0 Å². The number of carboxylic acid groups (broad SMARTS) is 1. The van der Waals surface area contributed by atoms with Crippen molar-refractivity contribution >= 4 is 29.6 Å². The van der Waals surface area contributed by atoms with Crippen LogP contribution in [-0.4, -0.2) is 68.8 Å². The molecule has 9 N–H and O–H groups in total. The highest BCUT2D eigenvalue weighted by atomic mass is 16.4. The average Bonchev–Trinajstić information content (AvgIpc) is 3.49. The lowest BCUT2D eigenvalue weighted by Gasteiger charge is -2.25. The second kappa shape index (κ2) is 15.7. The number of carboxylic acids is 1. The van der Waals surface area contributed by atoms with Crippen molar-refractivity contribution in [3.63, 3.8) is 0 Å². The minimum absolute atomic E-state index is 0.00839. The number of imidazole rings is 1. The number of nitrogens with one attached hydrogen (secondary N) is 4. The molecule has 0 fully saturated rings. The Bertz CT molecular complexity index is 1340. The highest BCUT2D eigenvalue weighted by molar-refractivity contribution is 5.94. The average molecular weight is 578 g/mol. The van der Waals surface area contributed by atoms with Crippen LogP contribution in [0.4, 0.5) is 0 Å². The van der Waals surface area contributed by atoms with E-state index in [4.69, 9.17) is 11.5 Å². The summed E-state index contributed by atoms with van der Waals surface area (Å²) in [6.07, 6.45) is 2.85. The molecule has 13 nitrogen and oxygen atoms in total. The molecule has 4 atom stereocenters. The van der Waals surface area contributed by atoms with Gasteiger partial charge in [0.25, 0.3) is 0 Å². The molecule has 0 radical (unpaired) electrons. The number of benzene rings is 2. The molecule has 4 amide bonds. The quantitative estimate of drug-likeness (QED) is 0.118.